The van der Waals surface area contributed by atoms with E-state index in [1.54, 1.807) is 0 Å². The van der Waals surface area contributed by atoms with Crippen molar-refractivity contribution in [1.82, 2.24) is 0 Å². The van der Waals surface area contributed by atoms with E-state index >= 15 is 0 Å². The van der Waals surface area contributed by atoms with Crippen molar-refractivity contribution in [3.8, 4) is 0 Å². The zero-order chi connectivity index (χ0) is 17.3. The molecular formula is C12H22O11. The molecule has 2 heterocycles. The lowest BCUT2D eigenvalue weighted by Crippen LogP contribution is -2.64. The van der Waals surface area contributed by atoms with Gasteiger partial charge in [-0.25, -0.2) is 0 Å². The number of aliphatic hydroxyl groups is 8. The predicted molar refractivity (Wildman–Crippen MR) is 68.6 cm³/mol. The molecule has 0 aliphatic carbocycles. The van der Waals surface area contributed by atoms with Crippen LogP contribution in [0.5, 0.6) is 0 Å². The molecule has 23 heavy (non-hydrogen) atoms. The maximum atomic E-state index is 9.94. The summed E-state index contributed by atoms with van der Waals surface area (Å²) in [6, 6.07) is 0. The molecular weight excluding hydrogens is 321 g/mol. The molecule has 0 aromatic rings. The van der Waals surface area contributed by atoms with Crippen LogP contribution in [0.2, 0.25) is 0 Å². The Morgan fingerprint density at radius 2 is 1.26 bits per heavy atom. The fourth-order valence-electron chi connectivity index (χ4n) is 2.57. The quantitative estimate of drug-likeness (QED) is 0.227. The molecule has 8 N–H and O–H groups in total. The van der Waals surface area contributed by atoms with Gasteiger partial charge in [0.15, 0.2) is 12.6 Å². The molecule has 0 aromatic heterocycles. The summed E-state index contributed by atoms with van der Waals surface area (Å²) in [5.41, 5.74) is 0. The minimum atomic E-state index is -1.74. The molecule has 2 fully saturated rings. The summed E-state index contributed by atoms with van der Waals surface area (Å²) in [7, 11) is 0. The van der Waals surface area contributed by atoms with E-state index in [1.165, 1.54) is 0 Å². The van der Waals surface area contributed by atoms with Crippen molar-refractivity contribution in [3.05, 3.63) is 0 Å². The minimum absolute atomic E-state index is 0.667. The van der Waals surface area contributed by atoms with E-state index in [0.29, 0.717) is 0 Å². The molecule has 0 aromatic carbocycles. The Kier molecular flexibility index (Phi) is 6.27. The Morgan fingerprint density at radius 3 is 1.83 bits per heavy atom. The lowest BCUT2D eigenvalue weighted by atomic mass is 9.98. The lowest BCUT2D eigenvalue weighted by Gasteiger charge is -2.45. The van der Waals surface area contributed by atoms with E-state index in [1.807, 2.05) is 0 Å². The second kappa shape index (κ2) is 7.63. The van der Waals surface area contributed by atoms with Crippen LogP contribution in [-0.2, 0) is 14.2 Å². The molecule has 0 unspecified atom stereocenters. The molecule has 0 saturated carbocycles. The summed E-state index contributed by atoms with van der Waals surface area (Å²) in [5, 5.41) is 76.5. The molecule has 2 saturated heterocycles. The van der Waals surface area contributed by atoms with Crippen molar-refractivity contribution in [2.45, 2.75) is 61.4 Å². The van der Waals surface area contributed by atoms with Crippen LogP contribution in [0.15, 0.2) is 0 Å². The Balaban J connectivity index is 2.11. The van der Waals surface area contributed by atoms with Gasteiger partial charge in [-0.2, -0.15) is 0 Å². The van der Waals surface area contributed by atoms with Gasteiger partial charge in [-0.05, 0) is 0 Å². The number of rotatable bonds is 4. The highest BCUT2D eigenvalue weighted by atomic mass is 16.8. The summed E-state index contributed by atoms with van der Waals surface area (Å²) in [6.07, 6.45) is -15.6. The average Bonchev–Trinajstić information content (AvgIpc) is 2.55. The molecule has 10 atom stereocenters. The van der Waals surface area contributed by atoms with Gasteiger partial charge in [0.25, 0.3) is 0 Å². The monoisotopic (exact) mass is 343 g/mol. The van der Waals surface area contributed by atoms with E-state index in [-0.39, 0.29) is 0 Å². The van der Waals surface area contributed by atoms with Crippen LogP contribution in [0.25, 0.3) is 0 Å². The second-order valence-electron chi connectivity index (χ2n) is 5.53. The van der Waals surface area contributed by atoms with Crippen LogP contribution in [0.4, 0.5) is 0 Å². The van der Waals surface area contributed by atoms with Crippen LogP contribution in [0.1, 0.15) is 0 Å². The SMILES string of the molecule is OC[C@H]1O[C@@H](O[C@H]2[C@H](O)[C@@H](O)[13C@@H](O)O[C@@H]2CO)[C@H](O)[C@@H](O)[C@H]1O. The highest BCUT2D eigenvalue weighted by Crippen LogP contribution is 2.28. The fourth-order valence-corrected chi connectivity index (χ4v) is 2.57. The summed E-state index contributed by atoms with van der Waals surface area (Å²) in [5.74, 6) is 0. The van der Waals surface area contributed by atoms with Crippen LogP contribution in [-0.4, -0.2) is 115 Å². The number of ether oxygens (including phenoxy) is 3. The van der Waals surface area contributed by atoms with Crippen molar-refractivity contribution < 1.29 is 55.1 Å². The zero-order valence-electron chi connectivity index (χ0n) is 12.0. The van der Waals surface area contributed by atoms with Crippen LogP contribution >= 0.6 is 0 Å². The van der Waals surface area contributed by atoms with Crippen molar-refractivity contribution in [2.24, 2.45) is 0 Å². The standard InChI is InChI=1S/C12H22O11/c13-1-3-5(15)6(16)9(19)12(22-3)23-10-4(2-14)21-11(20)8(18)7(10)17/h3-20H,1-2H2/t3-,4-,5+,6+,7-,8-,9-,10-,11+,12+/m1/s1/i11+1. The Morgan fingerprint density at radius 1 is 0.652 bits per heavy atom. The van der Waals surface area contributed by atoms with Gasteiger partial charge in [0.05, 0.1) is 13.2 Å². The maximum absolute atomic E-state index is 9.94. The summed E-state index contributed by atoms with van der Waals surface area (Å²) in [4.78, 5) is 0. The van der Waals surface area contributed by atoms with E-state index in [9.17, 15) is 35.7 Å². The Bertz CT molecular complexity index is 378. The third-order valence-electron chi connectivity index (χ3n) is 3.98. The van der Waals surface area contributed by atoms with Crippen molar-refractivity contribution >= 4 is 0 Å². The largest absolute Gasteiger partial charge is 0.394 e. The first-order chi connectivity index (χ1) is 10.8. The molecule has 11 nitrogen and oxygen atoms in total. The zero-order valence-corrected chi connectivity index (χ0v) is 12.0. The molecule has 136 valence electrons. The first-order valence-corrected chi connectivity index (χ1v) is 7.08. The van der Waals surface area contributed by atoms with E-state index in [4.69, 9.17) is 19.3 Å². The van der Waals surface area contributed by atoms with Crippen molar-refractivity contribution in [2.75, 3.05) is 13.2 Å². The van der Waals surface area contributed by atoms with Gasteiger partial charge in [0, 0.05) is 0 Å². The van der Waals surface area contributed by atoms with E-state index < -0.39 is 74.6 Å². The van der Waals surface area contributed by atoms with Crippen LogP contribution in [0.3, 0.4) is 0 Å². The number of aliphatic hydroxyl groups excluding tert-OH is 8. The highest BCUT2D eigenvalue weighted by Gasteiger charge is 2.50. The predicted octanol–water partition coefficient (Wildman–Crippen LogP) is -5.40. The number of hydrogen-bond acceptors (Lipinski definition) is 11. The van der Waals surface area contributed by atoms with Crippen LogP contribution < -0.4 is 0 Å². The van der Waals surface area contributed by atoms with Crippen molar-refractivity contribution in [1.29, 1.82) is 0 Å². The average molecular weight is 343 g/mol. The highest BCUT2D eigenvalue weighted by molar-refractivity contribution is 4.93. The summed E-state index contributed by atoms with van der Waals surface area (Å²) >= 11 is 0. The van der Waals surface area contributed by atoms with Gasteiger partial charge in [0.2, 0.25) is 0 Å². The van der Waals surface area contributed by atoms with E-state index in [2.05, 4.69) is 0 Å². The van der Waals surface area contributed by atoms with E-state index in [0.717, 1.165) is 0 Å². The molecule has 2 rings (SSSR count). The van der Waals surface area contributed by atoms with Gasteiger partial charge in [-0.15, -0.1) is 0 Å². The third kappa shape index (κ3) is 3.65. The fraction of sp³-hybridized carbons (Fsp3) is 1.00. The van der Waals surface area contributed by atoms with Gasteiger partial charge in [0.1, 0.15) is 48.8 Å². The summed E-state index contributed by atoms with van der Waals surface area (Å²) < 4.78 is 15.3. The lowest BCUT2D eigenvalue weighted by molar-refractivity contribution is -0.355. The van der Waals surface area contributed by atoms with Gasteiger partial charge < -0.3 is 55.1 Å². The molecule has 2 aliphatic rings. The second-order valence-corrected chi connectivity index (χ2v) is 5.53. The normalized spacial score (nSPS) is 51.7. The maximum Gasteiger partial charge on any atom is 0.187 e. The third-order valence-corrected chi connectivity index (χ3v) is 3.98. The van der Waals surface area contributed by atoms with Crippen LogP contribution in [0, 0.1) is 0 Å². The smallest absolute Gasteiger partial charge is 0.187 e. The molecule has 0 spiro atoms. The molecule has 0 radical (unpaired) electrons. The summed E-state index contributed by atoms with van der Waals surface area (Å²) in [6.45, 7) is -1.35. The molecule has 0 bridgehead atoms. The number of hydrogen-bond donors (Lipinski definition) is 8. The Labute approximate surface area is 130 Å². The van der Waals surface area contributed by atoms with Gasteiger partial charge in [-0.3, -0.25) is 0 Å². The topological polar surface area (TPSA) is 190 Å². The minimum Gasteiger partial charge on any atom is -0.394 e. The molecule has 2 aliphatic heterocycles. The Hall–Kier alpha value is -0.440. The van der Waals surface area contributed by atoms with Gasteiger partial charge in [-0.1, -0.05) is 0 Å². The molecule has 11 heteroatoms. The first kappa shape index (κ1) is 18.9. The first-order valence-electron chi connectivity index (χ1n) is 7.08. The van der Waals surface area contributed by atoms with Gasteiger partial charge >= 0.3 is 0 Å². The van der Waals surface area contributed by atoms with Crippen molar-refractivity contribution in [3.63, 3.8) is 0 Å². The molecule has 0 amide bonds.